The number of nitrogens with one attached hydrogen (secondary N) is 2. The number of methoxy groups -OCH3 is 1. The van der Waals surface area contributed by atoms with Crippen LogP contribution >= 0.6 is 11.6 Å². The molecule has 2 bridgehead atoms. The summed E-state index contributed by atoms with van der Waals surface area (Å²) in [6.07, 6.45) is 7.44. The van der Waals surface area contributed by atoms with Crippen LogP contribution < -0.4 is 26.0 Å². The topological polar surface area (TPSA) is 132 Å². The third kappa shape index (κ3) is 4.53. The van der Waals surface area contributed by atoms with Gasteiger partial charge < -0.3 is 30.7 Å². The van der Waals surface area contributed by atoms with E-state index < -0.39 is 12.2 Å². The number of benzene rings is 1. The van der Waals surface area contributed by atoms with Gasteiger partial charge in [0.05, 0.1) is 30.7 Å². The number of primary amides is 1. The maximum atomic E-state index is 12.5. The Balaban J connectivity index is 1.41. The van der Waals surface area contributed by atoms with E-state index in [4.69, 9.17) is 26.8 Å². The van der Waals surface area contributed by atoms with Crippen LogP contribution in [0.2, 0.25) is 5.02 Å². The second-order valence-corrected chi connectivity index (χ2v) is 9.62. The highest BCUT2D eigenvalue weighted by molar-refractivity contribution is 6.32. The van der Waals surface area contributed by atoms with E-state index >= 15 is 0 Å². The molecule has 190 valence electrons. The highest BCUT2D eigenvalue weighted by atomic mass is 35.5. The summed E-state index contributed by atoms with van der Waals surface area (Å²) in [6.45, 7) is 2.56. The van der Waals surface area contributed by atoms with Gasteiger partial charge >= 0.3 is 6.09 Å². The second kappa shape index (κ2) is 9.85. The number of amides is 2. The summed E-state index contributed by atoms with van der Waals surface area (Å²) >= 11 is 6.42. The Morgan fingerprint density at radius 3 is 2.83 bits per heavy atom. The smallest absolute Gasteiger partial charge is 0.404 e. The minimum absolute atomic E-state index is 0.108. The Hall–Kier alpha value is -3.53. The number of ether oxygens (including phenoxy) is 2. The SMILES string of the molecule is CCN1C(=O)CCCc2cc(Nc3ncc(Cl)c(NC4C5C=CC(C5)C4OC(N)=O)n3)c(OC)cc21. The number of hydrogen-bond acceptors (Lipinski definition) is 8. The van der Waals surface area contributed by atoms with Crippen LogP contribution in [0.15, 0.2) is 30.5 Å². The molecule has 2 aromatic rings. The summed E-state index contributed by atoms with van der Waals surface area (Å²) < 4.78 is 11.0. The van der Waals surface area contributed by atoms with Crippen LogP contribution in [0.25, 0.3) is 0 Å². The van der Waals surface area contributed by atoms with Crippen LogP contribution in [0, 0.1) is 11.8 Å². The summed E-state index contributed by atoms with van der Waals surface area (Å²) in [5.41, 5.74) is 7.91. The number of nitrogens with zero attached hydrogens (tertiary/aromatic N) is 3. The van der Waals surface area contributed by atoms with E-state index in [0.29, 0.717) is 41.2 Å². The van der Waals surface area contributed by atoms with E-state index in [9.17, 15) is 9.59 Å². The van der Waals surface area contributed by atoms with Gasteiger partial charge in [-0.25, -0.2) is 9.78 Å². The summed E-state index contributed by atoms with van der Waals surface area (Å²) in [5.74, 6) is 1.72. The van der Waals surface area contributed by atoms with Crippen molar-refractivity contribution in [1.29, 1.82) is 0 Å². The fourth-order valence-electron chi connectivity index (χ4n) is 5.45. The van der Waals surface area contributed by atoms with Gasteiger partial charge in [-0.05, 0) is 37.8 Å². The van der Waals surface area contributed by atoms with Crippen LogP contribution in [0.1, 0.15) is 31.7 Å². The molecule has 1 saturated carbocycles. The van der Waals surface area contributed by atoms with Crippen molar-refractivity contribution >= 4 is 46.7 Å². The molecule has 0 spiro atoms. The first-order valence-electron chi connectivity index (χ1n) is 12.1. The number of nitrogens with two attached hydrogens (primary N) is 1. The van der Waals surface area contributed by atoms with Gasteiger partial charge in [0.15, 0.2) is 5.82 Å². The molecule has 4 atom stereocenters. The van der Waals surface area contributed by atoms with Gasteiger partial charge in [-0.2, -0.15) is 4.98 Å². The zero-order valence-corrected chi connectivity index (χ0v) is 20.9. The predicted octanol–water partition coefficient (Wildman–Crippen LogP) is 4.02. The van der Waals surface area contributed by atoms with E-state index in [0.717, 1.165) is 30.5 Å². The first-order chi connectivity index (χ1) is 17.4. The Morgan fingerprint density at radius 1 is 1.28 bits per heavy atom. The molecular weight excluding hydrogens is 484 g/mol. The molecule has 1 fully saturated rings. The Kier molecular flexibility index (Phi) is 6.61. The normalized spacial score (nSPS) is 24.3. The van der Waals surface area contributed by atoms with Crippen molar-refractivity contribution in [3.8, 4) is 5.75 Å². The Labute approximate surface area is 214 Å². The fraction of sp³-hybridized carbons (Fsp3) is 0.440. The molecule has 1 aromatic heterocycles. The third-order valence-electron chi connectivity index (χ3n) is 7.08. The molecular formula is C25H29ClN6O4. The van der Waals surface area contributed by atoms with E-state index in [-0.39, 0.29) is 23.8 Å². The van der Waals surface area contributed by atoms with Crippen molar-refractivity contribution in [3.63, 3.8) is 0 Å². The quantitative estimate of drug-likeness (QED) is 0.474. The van der Waals surface area contributed by atoms with Crippen molar-refractivity contribution < 1.29 is 19.1 Å². The molecule has 4 unspecified atom stereocenters. The van der Waals surface area contributed by atoms with Gasteiger partial charge in [0.1, 0.15) is 16.9 Å². The van der Waals surface area contributed by atoms with Gasteiger partial charge in [-0.3, -0.25) is 4.79 Å². The number of aromatic nitrogens is 2. The zero-order chi connectivity index (χ0) is 25.4. The lowest BCUT2D eigenvalue weighted by molar-refractivity contribution is -0.118. The average Bonchev–Trinajstić information content (AvgIpc) is 3.40. The molecule has 4 N–H and O–H groups in total. The van der Waals surface area contributed by atoms with Gasteiger partial charge in [0.25, 0.3) is 0 Å². The van der Waals surface area contributed by atoms with Crippen LogP contribution in [-0.4, -0.2) is 47.8 Å². The molecule has 2 heterocycles. The molecule has 1 aromatic carbocycles. The molecule has 36 heavy (non-hydrogen) atoms. The molecule has 0 saturated heterocycles. The lowest BCUT2D eigenvalue weighted by atomic mass is 9.98. The standard InChI is InChI=1S/C25H29ClN6O4/c1-3-32-18-11-19(35-2)17(10-13(18)5-4-6-20(32)33)29-25-28-12-16(26)23(31-25)30-21-14-7-8-15(9-14)22(21)36-24(27)34/h7-8,10-12,14-15,21-22H,3-6,9H2,1-2H3,(H2,27,34)(H2,28,29,30,31). The van der Waals surface area contributed by atoms with Crippen molar-refractivity contribution in [1.82, 2.24) is 9.97 Å². The lowest BCUT2D eigenvalue weighted by Gasteiger charge is -2.28. The summed E-state index contributed by atoms with van der Waals surface area (Å²) in [4.78, 5) is 34.7. The van der Waals surface area contributed by atoms with Crippen molar-refractivity contribution in [2.24, 2.45) is 17.6 Å². The highest BCUT2D eigenvalue weighted by Gasteiger charge is 2.47. The average molecular weight is 513 g/mol. The molecule has 11 heteroatoms. The fourth-order valence-corrected chi connectivity index (χ4v) is 5.59. The number of rotatable bonds is 7. The molecule has 1 aliphatic heterocycles. The van der Waals surface area contributed by atoms with Crippen LogP contribution in [0.4, 0.5) is 27.9 Å². The van der Waals surface area contributed by atoms with Crippen molar-refractivity contribution in [3.05, 3.63) is 41.1 Å². The van der Waals surface area contributed by atoms with Crippen molar-refractivity contribution in [2.75, 3.05) is 29.2 Å². The third-order valence-corrected chi connectivity index (χ3v) is 7.36. The number of fused-ring (bicyclic) bond motifs is 3. The zero-order valence-electron chi connectivity index (χ0n) is 20.2. The maximum absolute atomic E-state index is 12.5. The molecule has 0 radical (unpaired) electrons. The van der Waals surface area contributed by atoms with E-state index in [1.54, 1.807) is 12.0 Å². The Morgan fingerprint density at radius 2 is 2.08 bits per heavy atom. The minimum atomic E-state index is -0.803. The highest BCUT2D eigenvalue weighted by Crippen LogP contribution is 2.43. The summed E-state index contributed by atoms with van der Waals surface area (Å²) in [7, 11) is 1.58. The largest absolute Gasteiger partial charge is 0.494 e. The maximum Gasteiger partial charge on any atom is 0.404 e. The van der Waals surface area contributed by atoms with Gasteiger partial charge in [0, 0.05) is 30.9 Å². The van der Waals surface area contributed by atoms with Crippen LogP contribution in [0.3, 0.4) is 0 Å². The van der Waals surface area contributed by atoms with Crippen molar-refractivity contribution in [2.45, 2.75) is 44.8 Å². The Bertz CT molecular complexity index is 1220. The van der Waals surface area contributed by atoms with Crippen LogP contribution in [-0.2, 0) is 16.0 Å². The number of anilines is 4. The van der Waals surface area contributed by atoms with Gasteiger partial charge in [0.2, 0.25) is 11.9 Å². The van der Waals surface area contributed by atoms with Gasteiger partial charge in [-0.15, -0.1) is 0 Å². The predicted molar refractivity (Wildman–Crippen MR) is 137 cm³/mol. The molecule has 2 aliphatic carbocycles. The summed E-state index contributed by atoms with van der Waals surface area (Å²) in [6, 6.07) is 3.66. The second-order valence-electron chi connectivity index (χ2n) is 9.21. The van der Waals surface area contributed by atoms with E-state index in [2.05, 4.69) is 32.8 Å². The van der Waals surface area contributed by atoms with E-state index in [1.807, 2.05) is 19.1 Å². The number of aryl methyl sites for hydroxylation is 1. The molecule has 5 rings (SSSR count). The number of hydrogen-bond donors (Lipinski definition) is 3. The molecule has 2 amide bonds. The molecule has 3 aliphatic rings. The first-order valence-corrected chi connectivity index (χ1v) is 12.5. The number of carbonyl (C=O) groups excluding carboxylic acids is 2. The lowest BCUT2D eigenvalue weighted by Crippen LogP contribution is -2.41. The van der Waals surface area contributed by atoms with Gasteiger partial charge in [-0.1, -0.05) is 23.8 Å². The number of halogens is 1. The molecule has 10 nitrogen and oxygen atoms in total. The first kappa shape index (κ1) is 24.2. The number of carbonyl (C=O) groups is 2. The monoisotopic (exact) mass is 512 g/mol. The minimum Gasteiger partial charge on any atom is -0.494 e. The van der Waals surface area contributed by atoms with Crippen LogP contribution in [0.5, 0.6) is 5.75 Å². The van der Waals surface area contributed by atoms with E-state index in [1.165, 1.54) is 6.20 Å². The summed E-state index contributed by atoms with van der Waals surface area (Å²) in [5, 5.41) is 6.93.